The van der Waals surface area contributed by atoms with Crippen molar-refractivity contribution in [1.29, 1.82) is 0 Å². The van der Waals surface area contributed by atoms with Crippen molar-refractivity contribution in [2.45, 2.75) is 148 Å². The van der Waals surface area contributed by atoms with E-state index >= 15 is 0 Å². The van der Waals surface area contributed by atoms with E-state index in [2.05, 4.69) is 13.8 Å². The second kappa shape index (κ2) is 65.4. The number of aliphatic hydroxyl groups is 1. The predicted molar refractivity (Wildman–Crippen MR) is 272 cm³/mol. The van der Waals surface area contributed by atoms with Crippen molar-refractivity contribution >= 4 is 0 Å². The molecule has 0 aromatic rings. The number of hydrogen-bond donors (Lipinski definition) is 1. The lowest BCUT2D eigenvalue weighted by Gasteiger charge is -2.18. The van der Waals surface area contributed by atoms with Gasteiger partial charge in [0.15, 0.2) is 0 Å². The van der Waals surface area contributed by atoms with Gasteiger partial charge in [-0.15, -0.1) is 0 Å². The van der Waals surface area contributed by atoms with Crippen LogP contribution in [0.1, 0.15) is 142 Å². The number of hydrogen-bond acceptors (Lipinski definition) is 16. The highest BCUT2D eigenvalue weighted by atomic mass is 16.6. The summed E-state index contributed by atoms with van der Waals surface area (Å²) in [6, 6.07) is 0. The molecule has 0 aliphatic rings. The molecule has 69 heavy (non-hydrogen) atoms. The monoisotopic (exact) mass is 1000 g/mol. The molecule has 0 heterocycles. The Bertz CT molecular complexity index is 854. The molecule has 0 radical (unpaired) electrons. The van der Waals surface area contributed by atoms with Gasteiger partial charge in [-0.25, -0.2) is 0 Å². The minimum atomic E-state index is -0.0792. The lowest BCUT2D eigenvalue weighted by atomic mass is 10.1. The van der Waals surface area contributed by atoms with Crippen molar-refractivity contribution in [3.8, 4) is 0 Å². The topological polar surface area (TPSA) is 159 Å². The first kappa shape index (κ1) is 68.4. The summed E-state index contributed by atoms with van der Waals surface area (Å²) in [6.45, 7) is 19.6. The molecule has 0 saturated heterocycles. The second-order valence-electron chi connectivity index (χ2n) is 17.1. The quantitative estimate of drug-likeness (QED) is 0.0578. The van der Waals surface area contributed by atoms with Crippen molar-refractivity contribution in [1.82, 2.24) is 0 Å². The molecule has 0 aromatic heterocycles. The average Bonchev–Trinajstić information content (AvgIpc) is 3.36. The first-order valence-corrected chi connectivity index (χ1v) is 27.7. The minimum Gasteiger partial charge on any atom is -0.394 e. The first-order valence-electron chi connectivity index (χ1n) is 27.7. The maximum atomic E-state index is 8.62. The molecule has 0 unspecified atom stereocenters. The summed E-state index contributed by atoms with van der Waals surface area (Å²) >= 11 is 0. The normalized spacial score (nSPS) is 11.8. The third kappa shape index (κ3) is 63.4. The molecule has 1 N–H and O–H groups in total. The van der Waals surface area contributed by atoms with Gasteiger partial charge >= 0.3 is 0 Å². The largest absolute Gasteiger partial charge is 0.394 e. The zero-order valence-corrected chi connectivity index (χ0v) is 44.5. The Balaban J connectivity index is 3.60. The number of rotatable bonds is 65. The van der Waals surface area contributed by atoms with Crippen LogP contribution in [0.3, 0.4) is 0 Å². The van der Waals surface area contributed by atoms with Gasteiger partial charge in [-0.2, -0.15) is 0 Å². The summed E-state index contributed by atoms with van der Waals surface area (Å²) in [5.74, 6) is 0. The van der Waals surface area contributed by atoms with Crippen LogP contribution >= 0.6 is 0 Å². The van der Waals surface area contributed by atoms with Crippen LogP contribution in [0.4, 0.5) is 0 Å². The van der Waals surface area contributed by atoms with Gasteiger partial charge in [0.1, 0.15) is 6.10 Å². The highest BCUT2D eigenvalue weighted by Crippen LogP contribution is 2.12. The molecule has 0 amide bonds. The fourth-order valence-electron chi connectivity index (χ4n) is 6.82. The molecule has 0 bridgehead atoms. The smallest absolute Gasteiger partial charge is 0.104 e. The van der Waals surface area contributed by atoms with Gasteiger partial charge in [-0.05, 0) is 12.8 Å². The average molecular weight is 1000 g/mol. The summed E-state index contributed by atoms with van der Waals surface area (Å²) in [6.07, 6.45) is 26.4. The maximum absolute atomic E-state index is 8.62. The Morgan fingerprint density at radius 1 is 0.217 bits per heavy atom. The Labute approximate surface area is 421 Å². The molecule has 16 nitrogen and oxygen atoms in total. The van der Waals surface area contributed by atoms with E-state index < -0.39 is 0 Å². The first-order chi connectivity index (χ1) is 34.3. The van der Waals surface area contributed by atoms with Crippen LogP contribution in [0, 0.1) is 0 Å². The predicted octanol–water partition coefficient (Wildman–Crippen LogP) is 8.44. The van der Waals surface area contributed by atoms with Gasteiger partial charge in [0, 0.05) is 13.2 Å². The molecule has 0 spiro atoms. The van der Waals surface area contributed by atoms with Gasteiger partial charge < -0.3 is 76.2 Å². The van der Waals surface area contributed by atoms with Crippen molar-refractivity contribution in [3.63, 3.8) is 0 Å². The van der Waals surface area contributed by atoms with Gasteiger partial charge in [0.2, 0.25) is 0 Å². The number of unbranched alkanes of at least 4 members (excludes halogenated alkanes) is 18. The Morgan fingerprint density at radius 2 is 0.420 bits per heavy atom. The molecule has 0 aliphatic heterocycles. The van der Waals surface area contributed by atoms with Crippen LogP contribution < -0.4 is 0 Å². The third-order valence-electron chi connectivity index (χ3n) is 10.8. The Hall–Kier alpha value is -0.640. The van der Waals surface area contributed by atoms with Crippen LogP contribution in [0.15, 0.2) is 0 Å². The lowest BCUT2D eigenvalue weighted by Crippen LogP contribution is -2.28. The zero-order valence-electron chi connectivity index (χ0n) is 44.5. The van der Waals surface area contributed by atoms with Crippen molar-refractivity contribution in [3.05, 3.63) is 0 Å². The molecular weight excluding hydrogens is 893 g/mol. The molecule has 16 heteroatoms. The molecule has 0 aliphatic carbocycles. The number of ether oxygens (including phenoxy) is 15. The molecule has 0 fully saturated rings. The molecule has 0 aromatic carbocycles. The van der Waals surface area contributed by atoms with Crippen molar-refractivity contribution in [2.75, 3.05) is 198 Å². The van der Waals surface area contributed by atoms with Gasteiger partial charge in [-0.3, -0.25) is 0 Å². The second-order valence-corrected chi connectivity index (χ2v) is 17.1. The highest BCUT2D eigenvalue weighted by molar-refractivity contribution is 4.57. The van der Waals surface area contributed by atoms with E-state index in [1.54, 1.807) is 0 Å². The van der Waals surface area contributed by atoms with Gasteiger partial charge in [-0.1, -0.05) is 129 Å². The van der Waals surface area contributed by atoms with Gasteiger partial charge in [0.25, 0.3) is 0 Å². The summed E-state index contributed by atoms with van der Waals surface area (Å²) < 4.78 is 84.2. The summed E-state index contributed by atoms with van der Waals surface area (Å²) in [5, 5.41) is 8.62. The number of aliphatic hydroxyl groups excluding tert-OH is 1. The van der Waals surface area contributed by atoms with E-state index in [0.29, 0.717) is 178 Å². The van der Waals surface area contributed by atoms with E-state index in [1.807, 2.05) is 0 Å². The van der Waals surface area contributed by atoms with E-state index in [9.17, 15) is 0 Å². The Morgan fingerprint density at radius 3 is 0.652 bits per heavy atom. The fourth-order valence-corrected chi connectivity index (χ4v) is 6.82. The molecule has 0 rings (SSSR count). The Kier molecular flexibility index (Phi) is 64.8. The minimum absolute atomic E-state index is 0.0234. The van der Waals surface area contributed by atoms with E-state index in [4.69, 9.17) is 76.2 Å². The van der Waals surface area contributed by atoms with E-state index in [1.165, 1.54) is 116 Å². The van der Waals surface area contributed by atoms with Crippen LogP contribution in [0.25, 0.3) is 0 Å². The molecular formula is C53H108O16. The van der Waals surface area contributed by atoms with Crippen molar-refractivity contribution in [2.24, 2.45) is 0 Å². The molecule has 416 valence electrons. The lowest BCUT2D eigenvalue weighted by molar-refractivity contribution is -0.0770. The zero-order chi connectivity index (χ0) is 49.5. The maximum Gasteiger partial charge on any atom is 0.104 e. The molecule has 0 atom stereocenters. The van der Waals surface area contributed by atoms with Crippen LogP contribution in [-0.2, 0) is 71.1 Å². The van der Waals surface area contributed by atoms with Crippen molar-refractivity contribution < 1.29 is 76.2 Å². The molecule has 0 saturated carbocycles. The third-order valence-corrected chi connectivity index (χ3v) is 10.8. The van der Waals surface area contributed by atoms with Gasteiger partial charge in [0.05, 0.1) is 185 Å². The highest BCUT2D eigenvalue weighted by Gasteiger charge is 2.11. The fraction of sp³-hybridized carbons (Fsp3) is 1.00. The summed E-state index contributed by atoms with van der Waals surface area (Å²) in [4.78, 5) is 0. The summed E-state index contributed by atoms with van der Waals surface area (Å²) in [7, 11) is 0. The van der Waals surface area contributed by atoms with Crippen LogP contribution in [0.2, 0.25) is 0 Å². The summed E-state index contributed by atoms with van der Waals surface area (Å²) in [5.41, 5.74) is 0. The van der Waals surface area contributed by atoms with E-state index in [0.717, 1.165) is 26.1 Å². The van der Waals surface area contributed by atoms with Crippen LogP contribution in [-0.4, -0.2) is 209 Å². The standard InChI is InChI=1S/C53H108O16/c1-3-5-7-9-11-13-15-17-19-21-24-67-51-53(52-68-25-22-20-18-16-14-12-10-8-6-4-2)69-50-49-66-48-47-65-46-45-64-44-43-63-42-41-62-40-39-61-38-37-60-36-35-59-34-33-58-32-31-57-30-29-56-28-27-55-26-23-54/h53-54H,3-52H2,1-2H3. The van der Waals surface area contributed by atoms with E-state index in [-0.39, 0.29) is 12.7 Å². The SMILES string of the molecule is CCCCCCCCCCCCOCC(COCCCCCCCCCCCC)OCCOCCOCCOCCOCCOCCOCCOCCOCCOCCOCCOCCOCCO. The van der Waals surface area contributed by atoms with Crippen LogP contribution in [0.5, 0.6) is 0 Å².